The van der Waals surface area contributed by atoms with E-state index in [9.17, 15) is 13.2 Å². The van der Waals surface area contributed by atoms with Gasteiger partial charge in [0.2, 0.25) is 5.91 Å². The molecule has 7 heteroatoms. The minimum Gasteiger partial charge on any atom is -0.338 e. The number of rotatable bonds is 3. The maximum atomic E-state index is 12.9. The molecule has 1 aromatic carbocycles. The van der Waals surface area contributed by atoms with Gasteiger partial charge in [0.25, 0.3) is 0 Å². The van der Waals surface area contributed by atoms with E-state index in [4.69, 9.17) is 0 Å². The van der Waals surface area contributed by atoms with Gasteiger partial charge in [0, 0.05) is 18.0 Å². The Morgan fingerprint density at radius 1 is 1.33 bits per heavy atom. The van der Waals surface area contributed by atoms with Crippen LogP contribution < -0.4 is 0 Å². The maximum absolute atomic E-state index is 12.9. The fraction of sp³-hybridized carbons (Fsp3) is 0.529. The molecule has 1 unspecified atom stereocenters. The Kier molecular flexibility index (Phi) is 3.83. The van der Waals surface area contributed by atoms with Crippen molar-refractivity contribution in [3.63, 3.8) is 0 Å². The van der Waals surface area contributed by atoms with Crippen molar-refractivity contribution >= 4 is 26.6 Å². The Bertz CT molecular complexity index is 870. The van der Waals surface area contributed by atoms with E-state index in [-0.39, 0.29) is 23.5 Å². The number of hydrogen-bond donors (Lipinski definition) is 1. The smallest absolute Gasteiger partial charge is 0.227 e. The molecule has 1 atom stereocenters. The molecule has 2 fully saturated rings. The summed E-state index contributed by atoms with van der Waals surface area (Å²) >= 11 is 0. The van der Waals surface area contributed by atoms with Gasteiger partial charge in [0.05, 0.1) is 29.6 Å². The van der Waals surface area contributed by atoms with Crippen LogP contribution in [0.1, 0.15) is 24.8 Å². The van der Waals surface area contributed by atoms with Crippen LogP contribution in [0.15, 0.2) is 24.4 Å². The molecule has 2 aromatic rings. The van der Waals surface area contributed by atoms with E-state index >= 15 is 0 Å². The summed E-state index contributed by atoms with van der Waals surface area (Å²) in [6, 6.07) is 5.69. The lowest BCUT2D eigenvalue weighted by atomic mass is 10.1. The molecule has 2 heterocycles. The predicted molar refractivity (Wildman–Crippen MR) is 91.3 cm³/mol. The molecule has 6 nitrogen and oxygen atoms in total. The molecule has 24 heavy (non-hydrogen) atoms. The van der Waals surface area contributed by atoms with Crippen LogP contribution in [0.4, 0.5) is 0 Å². The first-order valence-electron chi connectivity index (χ1n) is 8.44. The summed E-state index contributed by atoms with van der Waals surface area (Å²) in [5.74, 6) is 0.718. The van der Waals surface area contributed by atoms with Crippen LogP contribution in [0, 0.1) is 5.92 Å². The standard InChI is InChI=1S/C17H21N3O3S/c21-17(9-12-2-5-15-14(8-12)10-18-19-15)20-6-1-7-24(22,23)11-16(20)13-3-4-13/h2,5,8,10,13,16H,1,3-4,6-7,9,11H2,(H,18,19). The highest BCUT2D eigenvalue weighted by atomic mass is 32.2. The number of benzene rings is 1. The van der Waals surface area contributed by atoms with Crippen molar-refractivity contribution in [2.45, 2.75) is 31.7 Å². The number of H-pyrrole nitrogens is 1. The van der Waals surface area contributed by atoms with Crippen LogP contribution in [-0.4, -0.2) is 53.5 Å². The Labute approximate surface area is 141 Å². The molecule has 128 valence electrons. The highest BCUT2D eigenvalue weighted by Crippen LogP contribution is 2.37. The number of carbonyl (C=O) groups is 1. The molecule has 1 aliphatic carbocycles. The third-order valence-corrected chi connectivity index (χ3v) is 6.79. The van der Waals surface area contributed by atoms with E-state index in [1.165, 1.54) is 0 Å². The lowest BCUT2D eigenvalue weighted by Gasteiger charge is -2.29. The Hall–Kier alpha value is -1.89. The van der Waals surface area contributed by atoms with Crippen LogP contribution in [0.5, 0.6) is 0 Å². The summed E-state index contributed by atoms with van der Waals surface area (Å²) in [5.41, 5.74) is 1.89. The van der Waals surface area contributed by atoms with Crippen molar-refractivity contribution in [1.29, 1.82) is 0 Å². The molecular weight excluding hydrogens is 326 g/mol. The quantitative estimate of drug-likeness (QED) is 0.913. The molecule has 1 amide bonds. The van der Waals surface area contributed by atoms with Gasteiger partial charge < -0.3 is 4.90 Å². The number of nitrogens with zero attached hydrogens (tertiary/aromatic N) is 2. The second-order valence-electron chi connectivity index (χ2n) is 6.93. The molecule has 0 bridgehead atoms. The van der Waals surface area contributed by atoms with Crippen LogP contribution in [0.25, 0.3) is 10.9 Å². The van der Waals surface area contributed by atoms with E-state index < -0.39 is 9.84 Å². The first-order valence-corrected chi connectivity index (χ1v) is 10.3. The third-order valence-electron chi connectivity index (χ3n) is 5.03. The first-order chi connectivity index (χ1) is 11.5. The normalized spacial score (nSPS) is 24.0. The predicted octanol–water partition coefficient (Wildman–Crippen LogP) is 1.53. The molecule has 1 aliphatic heterocycles. The van der Waals surface area contributed by atoms with Gasteiger partial charge in [0.15, 0.2) is 9.84 Å². The fourth-order valence-electron chi connectivity index (χ4n) is 3.61. The maximum Gasteiger partial charge on any atom is 0.227 e. The molecule has 4 rings (SSSR count). The van der Waals surface area contributed by atoms with E-state index in [0.29, 0.717) is 25.3 Å². The van der Waals surface area contributed by atoms with Gasteiger partial charge in [0.1, 0.15) is 0 Å². The number of aromatic amines is 1. The van der Waals surface area contributed by atoms with E-state index in [1.54, 1.807) is 6.20 Å². The van der Waals surface area contributed by atoms with Crippen molar-refractivity contribution in [3.8, 4) is 0 Å². The number of amides is 1. The van der Waals surface area contributed by atoms with Crippen molar-refractivity contribution < 1.29 is 13.2 Å². The molecule has 0 radical (unpaired) electrons. The number of sulfone groups is 1. The van der Waals surface area contributed by atoms with Crippen LogP contribution in [-0.2, 0) is 21.1 Å². The number of nitrogens with one attached hydrogen (secondary N) is 1. The lowest BCUT2D eigenvalue weighted by Crippen LogP contribution is -2.44. The summed E-state index contributed by atoms with van der Waals surface area (Å²) in [6.07, 6.45) is 4.66. The van der Waals surface area contributed by atoms with Crippen molar-refractivity contribution in [3.05, 3.63) is 30.0 Å². The number of hydrogen-bond acceptors (Lipinski definition) is 4. The second-order valence-corrected chi connectivity index (χ2v) is 9.16. The van der Waals surface area contributed by atoms with Gasteiger partial charge in [-0.3, -0.25) is 9.89 Å². The minimum atomic E-state index is -3.04. The molecule has 2 aliphatic rings. The number of carbonyl (C=O) groups excluding carboxylic acids is 1. The second kappa shape index (κ2) is 5.88. The zero-order valence-electron chi connectivity index (χ0n) is 13.4. The summed E-state index contributed by atoms with van der Waals surface area (Å²) < 4.78 is 24.2. The fourth-order valence-corrected chi connectivity index (χ4v) is 5.32. The average Bonchev–Trinajstić information content (AvgIpc) is 3.29. The largest absolute Gasteiger partial charge is 0.338 e. The molecule has 1 aromatic heterocycles. The summed E-state index contributed by atoms with van der Waals surface area (Å²) in [6.45, 7) is 0.549. The van der Waals surface area contributed by atoms with Crippen molar-refractivity contribution in [2.75, 3.05) is 18.1 Å². The Morgan fingerprint density at radius 3 is 2.96 bits per heavy atom. The number of fused-ring (bicyclic) bond motifs is 1. The van der Waals surface area contributed by atoms with Gasteiger partial charge in [-0.2, -0.15) is 5.10 Å². The van der Waals surface area contributed by atoms with Crippen LogP contribution >= 0.6 is 0 Å². The van der Waals surface area contributed by atoms with Crippen molar-refractivity contribution in [2.24, 2.45) is 5.92 Å². The lowest BCUT2D eigenvalue weighted by molar-refractivity contribution is -0.132. The molecule has 1 N–H and O–H groups in total. The highest BCUT2D eigenvalue weighted by Gasteiger charge is 2.41. The molecule has 1 saturated heterocycles. The zero-order valence-corrected chi connectivity index (χ0v) is 14.3. The van der Waals surface area contributed by atoms with E-state index in [2.05, 4.69) is 10.2 Å². The zero-order chi connectivity index (χ0) is 16.7. The minimum absolute atomic E-state index is 0.0341. The number of aromatic nitrogens is 2. The summed E-state index contributed by atoms with van der Waals surface area (Å²) in [5, 5.41) is 7.88. The van der Waals surface area contributed by atoms with Crippen LogP contribution in [0.3, 0.4) is 0 Å². The SMILES string of the molecule is O=C(Cc1ccc2[nH]ncc2c1)N1CCCS(=O)(=O)CC1C1CC1. The highest BCUT2D eigenvalue weighted by molar-refractivity contribution is 7.91. The van der Waals surface area contributed by atoms with E-state index in [0.717, 1.165) is 29.3 Å². The Balaban J connectivity index is 1.55. The van der Waals surface area contributed by atoms with Gasteiger partial charge >= 0.3 is 0 Å². The van der Waals surface area contributed by atoms with Gasteiger partial charge in [-0.25, -0.2) is 8.42 Å². The van der Waals surface area contributed by atoms with Gasteiger partial charge in [-0.15, -0.1) is 0 Å². The first kappa shape index (κ1) is 15.6. The Morgan fingerprint density at radius 2 is 2.17 bits per heavy atom. The average molecular weight is 347 g/mol. The molecule has 1 saturated carbocycles. The van der Waals surface area contributed by atoms with E-state index in [1.807, 2.05) is 23.1 Å². The summed E-state index contributed by atoms with van der Waals surface area (Å²) in [4.78, 5) is 14.7. The molecular formula is C17H21N3O3S. The monoisotopic (exact) mass is 347 g/mol. The van der Waals surface area contributed by atoms with Crippen molar-refractivity contribution in [1.82, 2.24) is 15.1 Å². The van der Waals surface area contributed by atoms with Gasteiger partial charge in [-0.1, -0.05) is 6.07 Å². The van der Waals surface area contributed by atoms with Crippen LogP contribution in [0.2, 0.25) is 0 Å². The molecule has 0 spiro atoms. The topological polar surface area (TPSA) is 83.1 Å². The van der Waals surface area contributed by atoms with Gasteiger partial charge in [-0.05, 0) is 42.9 Å². The third kappa shape index (κ3) is 3.17. The summed E-state index contributed by atoms with van der Waals surface area (Å²) in [7, 11) is -3.04.